The Balaban J connectivity index is 2.61. The summed E-state index contributed by atoms with van der Waals surface area (Å²) in [6.07, 6.45) is 2.70. The Bertz CT molecular complexity index is 434. The van der Waals surface area contributed by atoms with Crippen LogP contribution in [0, 0.1) is 6.92 Å². The molecule has 0 aliphatic heterocycles. The van der Waals surface area contributed by atoms with Gasteiger partial charge in [0.05, 0.1) is 11.4 Å². The Kier molecular flexibility index (Phi) is 5.10. The minimum Gasteiger partial charge on any atom is -0.480 e. The molecule has 0 fully saturated rings. The van der Waals surface area contributed by atoms with Crippen LogP contribution < -0.4 is 10.6 Å². The van der Waals surface area contributed by atoms with Crippen LogP contribution in [0.25, 0.3) is 0 Å². The number of carbonyl (C=O) groups is 2. The van der Waals surface area contributed by atoms with Gasteiger partial charge in [-0.25, -0.2) is 9.59 Å². The number of urea groups is 1. The summed E-state index contributed by atoms with van der Waals surface area (Å²) < 4.78 is 0. The average molecular weight is 251 g/mol. The third kappa shape index (κ3) is 4.04. The molecule has 0 spiro atoms. The van der Waals surface area contributed by atoms with Gasteiger partial charge >= 0.3 is 12.0 Å². The first-order valence-corrected chi connectivity index (χ1v) is 5.76. The normalized spacial score (nSPS) is 11.7. The van der Waals surface area contributed by atoms with E-state index in [0.717, 1.165) is 0 Å². The Morgan fingerprint density at radius 2 is 2.22 bits per heavy atom. The fourth-order valence-corrected chi connectivity index (χ4v) is 1.48. The highest BCUT2D eigenvalue weighted by Crippen LogP contribution is 2.10. The maximum Gasteiger partial charge on any atom is 0.326 e. The van der Waals surface area contributed by atoms with Crippen LogP contribution >= 0.6 is 0 Å². The van der Waals surface area contributed by atoms with E-state index in [1.807, 2.05) is 6.92 Å². The van der Waals surface area contributed by atoms with Crippen molar-refractivity contribution in [3.63, 3.8) is 0 Å². The highest BCUT2D eigenvalue weighted by molar-refractivity contribution is 5.92. The van der Waals surface area contributed by atoms with Gasteiger partial charge in [-0.05, 0) is 25.5 Å². The summed E-state index contributed by atoms with van der Waals surface area (Å²) in [6.45, 7) is 3.62. The number of nitrogens with zero attached hydrogens (tertiary/aromatic N) is 1. The number of pyridine rings is 1. The van der Waals surface area contributed by atoms with Crippen LogP contribution in [0.2, 0.25) is 0 Å². The van der Waals surface area contributed by atoms with Gasteiger partial charge in [-0.15, -0.1) is 0 Å². The number of anilines is 1. The summed E-state index contributed by atoms with van der Waals surface area (Å²) in [5, 5.41) is 13.9. The molecule has 0 aromatic carbocycles. The molecule has 3 N–H and O–H groups in total. The van der Waals surface area contributed by atoms with Gasteiger partial charge in [-0.2, -0.15) is 0 Å². The Hall–Kier alpha value is -2.11. The lowest BCUT2D eigenvalue weighted by Gasteiger charge is -2.14. The van der Waals surface area contributed by atoms with Gasteiger partial charge < -0.3 is 15.7 Å². The number of aliphatic carboxylic acids is 1. The fourth-order valence-electron chi connectivity index (χ4n) is 1.48. The molecule has 0 aliphatic rings. The zero-order valence-electron chi connectivity index (χ0n) is 10.4. The summed E-state index contributed by atoms with van der Waals surface area (Å²) in [5.74, 6) is -1.03. The molecule has 6 heteroatoms. The summed E-state index contributed by atoms with van der Waals surface area (Å²) in [7, 11) is 0. The molecular weight excluding hydrogens is 234 g/mol. The summed E-state index contributed by atoms with van der Waals surface area (Å²) in [5.41, 5.74) is 1.24. The Morgan fingerprint density at radius 3 is 2.78 bits per heavy atom. The van der Waals surface area contributed by atoms with Crippen molar-refractivity contribution < 1.29 is 14.7 Å². The van der Waals surface area contributed by atoms with Crippen LogP contribution in [0.5, 0.6) is 0 Å². The maximum absolute atomic E-state index is 11.6. The number of amides is 2. The minimum atomic E-state index is -1.03. The van der Waals surface area contributed by atoms with Crippen molar-refractivity contribution in [1.29, 1.82) is 0 Å². The molecule has 1 heterocycles. The topological polar surface area (TPSA) is 91.3 Å². The van der Waals surface area contributed by atoms with Gasteiger partial charge in [0.1, 0.15) is 6.04 Å². The first kappa shape index (κ1) is 14.0. The van der Waals surface area contributed by atoms with Gasteiger partial charge in [0.2, 0.25) is 0 Å². The first-order chi connectivity index (χ1) is 8.54. The SMILES string of the molecule is CCC[C@H](NC(=O)Nc1cccnc1C)C(=O)O. The van der Waals surface area contributed by atoms with Crippen LogP contribution in [0.4, 0.5) is 10.5 Å². The summed E-state index contributed by atoms with van der Waals surface area (Å²) in [6, 6.07) is 2.00. The predicted octanol–water partition coefficient (Wildman–Crippen LogP) is 1.76. The van der Waals surface area contributed by atoms with E-state index in [0.29, 0.717) is 24.2 Å². The molecule has 0 radical (unpaired) electrons. The van der Waals surface area contributed by atoms with Crippen LogP contribution in [-0.4, -0.2) is 28.1 Å². The van der Waals surface area contributed by atoms with E-state index in [-0.39, 0.29) is 0 Å². The molecule has 1 rings (SSSR count). The number of aryl methyl sites for hydroxylation is 1. The van der Waals surface area contributed by atoms with Crippen molar-refractivity contribution in [2.75, 3.05) is 5.32 Å². The lowest BCUT2D eigenvalue weighted by atomic mass is 10.2. The summed E-state index contributed by atoms with van der Waals surface area (Å²) in [4.78, 5) is 26.6. The Labute approximate surface area is 105 Å². The predicted molar refractivity (Wildman–Crippen MR) is 67.5 cm³/mol. The van der Waals surface area contributed by atoms with Crippen LogP contribution in [0.15, 0.2) is 18.3 Å². The lowest BCUT2D eigenvalue weighted by Crippen LogP contribution is -2.43. The minimum absolute atomic E-state index is 0.398. The van der Waals surface area contributed by atoms with Gasteiger partial charge in [-0.1, -0.05) is 13.3 Å². The molecule has 0 saturated heterocycles. The van der Waals surface area contributed by atoms with Gasteiger partial charge in [0.25, 0.3) is 0 Å². The van der Waals surface area contributed by atoms with E-state index < -0.39 is 18.0 Å². The van der Waals surface area contributed by atoms with Gasteiger partial charge in [0.15, 0.2) is 0 Å². The molecule has 0 bridgehead atoms. The third-order valence-electron chi connectivity index (χ3n) is 2.44. The average Bonchev–Trinajstić information content (AvgIpc) is 2.31. The molecule has 0 aliphatic carbocycles. The van der Waals surface area contributed by atoms with Crippen LogP contribution in [-0.2, 0) is 4.79 Å². The number of rotatable bonds is 5. The monoisotopic (exact) mass is 251 g/mol. The van der Waals surface area contributed by atoms with Crippen LogP contribution in [0.1, 0.15) is 25.5 Å². The molecular formula is C12H17N3O3. The summed E-state index contributed by atoms with van der Waals surface area (Å²) >= 11 is 0. The molecule has 0 unspecified atom stereocenters. The number of nitrogens with one attached hydrogen (secondary N) is 2. The highest BCUT2D eigenvalue weighted by Gasteiger charge is 2.18. The number of carboxylic acid groups (broad SMARTS) is 1. The first-order valence-electron chi connectivity index (χ1n) is 5.76. The van der Waals surface area contributed by atoms with Crippen molar-refractivity contribution in [2.24, 2.45) is 0 Å². The van der Waals surface area contributed by atoms with Crippen molar-refractivity contribution in [3.8, 4) is 0 Å². The zero-order valence-corrected chi connectivity index (χ0v) is 10.4. The second kappa shape index (κ2) is 6.58. The number of hydrogen-bond acceptors (Lipinski definition) is 3. The van der Waals surface area contributed by atoms with Gasteiger partial charge in [-0.3, -0.25) is 4.98 Å². The van der Waals surface area contributed by atoms with E-state index in [1.54, 1.807) is 25.3 Å². The van der Waals surface area contributed by atoms with E-state index in [2.05, 4.69) is 15.6 Å². The number of carboxylic acids is 1. The van der Waals surface area contributed by atoms with Crippen molar-refractivity contribution in [2.45, 2.75) is 32.7 Å². The van der Waals surface area contributed by atoms with Crippen molar-refractivity contribution in [3.05, 3.63) is 24.0 Å². The van der Waals surface area contributed by atoms with E-state index >= 15 is 0 Å². The van der Waals surface area contributed by atoms with E-state index in [1.165, 1.54) is 0 Å². The zero-order chi connectivity index (χ0) is 13.5. The molecule has 1 aromatic rings. The van der Waals surface area contributed by atoms with E-state index in [4.69, 9.17) is 5.11 Å². The standard InChI is InChI=1S/C12H17N3O3/c1-3-5-10(11(16)17)15-12(18)14-9-6-4-7-13-8(9)2/h4,6-7,10H,3,5H2,1-2H3,(H,16,17)(H2,14,15,18)/t10-/m0/s1. The van der Waals surface area contributed by atoms with Crippen LogP contribution in [0.3, 0.4) is 0 Å². The third-order valence-corrected chi connectivity index (χ3v) is 2.44. The van der Waals surface area contributed by atoms with Crippen molar-refractivity contribution >= 4 is 17.7 Å². The molecule has 1 aromatic heterocycles. The number of aromatic nitrogens is 1. The molecule has 1 atom stereocenters. The molecule has 18 heavy (non-hydrogen) atoms. The molecule has 0 saturated carbocycles. The lowest BCUT2D eigenvalue weighted by molar-refractivity contribution is -0.139. The molecule has 98 valence electrons. The highest BCUT2D eigenvalue weighted by atomic mass is 16.4. The second-order valence-corrected chi connectivity index (χ2v) is 3.91. The molecule has 2 amide bonds. The Morgan fingerprint density at radius 1 is 1.50 bits per heavy atom. The quantitative estimate of drug-likeness (QED) is 0.743. The fraction of sp³-hybridized carbons (Fsp3) is 0.417. The number of carbonyl (C=O) groups excluding carboxylic acids is 1. The number of hydrogen-bond donors (Lipinski definition) is 3. The molecule has 6 nitrogen and oxygen atoms in total. The maximum atomic E-state index is 11.6. The second-order valence-electron chi connectivity index (χ2n) is 3.91. The van der Waals surface area contributed by atoms with Gasteiger partial charge in [0, 0.05) is 6.20 Å². The van der Waals surface area contributed by atoms with Crippen molar-refractivity contribution in [1.82, 2.24) is 10.3 Å². The van der Waals surface area contributed by atoms with E-state index in [9.17, 15) is 9.59 Å². The smallest absolute Gasteiger partial charge is 0.326 e. The largest absolute Gasteiger partial charge is 0.480 e.